The van der Waals surface area contributed by atoms with Crippen LogP contribution in [0.5, 0.6) is 0 Å². The molecular weight excluding hydrogens is 331 g/mol. The lowest BCUT2D eigenvalue weighted by Crippen LogP contribution is -2.23. The highest BCUT2D eigenvalue weighted by Gasteiger charge is 2.13. The summed E-state index contributed by atoms with van der Waals surface area (Å²) in [5.74, 6) is 0.458. The Morgan fingerprint density at radius 1 is 1.29 bits per heavy atom. The number of hydrogen-bond acceptors (Lipinski definition) is 5. The van der Waals surface area contributed by atoms with Crippen molar-refractivity contribution in [2.75, 3.05) is 0 Å². The van der Waals surface area contributed by atoms with Gasteiger partial charge in [0.2, 0.25) is 0 Å². The fraction of sp³-hybridized carbons (Fsp3) is 0.231. The molecule has 3 heterocycles. The molecule has 0 bridgehead atoms. The van der Waals surface area contributed by atoms with Gasteiger partial charge in [0.05, 0.1) is 23.2 Å². The molecule has 0 saturated carbocycles. The standard InChI is InChI=1S/C13H10Cl2N4OS/c1-6-7(2)21-12-10(6)11(15)17-9(18-12)5-19-4-8(14)3-16-13(19)20/h3-4H,5H2,1-2H3. The Balaban J connectivity index is 2.09. The fourth-order valence-electron chi connectivity index (χ4n) is 2.01. The lowest BCUT2D eigenvalue weighted by Gasteiger charge is -2.05. The third-order valence-corrected chi connectivity index (χ3v) is 4.74. The second-order valence-corrected chi connectivity index (χ2v) is 6.57. The Morgan fingerprint density at radius 2 is 2.05 bits per heavy atom. The van der Waals surface area contributed by atoms with Crippen molar-refractivity contribution in [2.24, 2.45) is 0 Å². The van der Waals surface area contributed by atoms with Crippen molar-refractivity contribution < 1.29 is 0 Å². The van der Waals surface area contributed by atoms with Crippen molar-refractivity contribution in [1.29, 1.82) is 0 Å². The van der Waals surface area contributed by atoms with Gasteiger partial charge in [-0.05, 0) is 19.4 Å². The highest BCUT2D eigenvalue weighted by Crippen LogP contribution is 2.32. The lowest BCUT2D eigenvalue weighted by atomic mass is 10.2. The van der Waals surface area contributed by atoms with Gasteiger partial charge in [0.25, 0.3) is 0 Å². The van der Waals surface area contributed by atoms with Crippen LogP contribution in [-0.2, 0) is 6.54 Å². The summed E-state index contributed by atoms with van der Waals surface area (Å²) in [5.41, 5.74) is 0.686. The van der Waals surface area contributed by atoms with E-state index in [0.717, 1.165) is 20.7 Å². The molecule has 0 unspecified atom stereocenters. The third kappa shape index (κ3) is 2.66. The van der Waals surface area contributed by atoms with Gasteiger partial charge < -0.3 is 0 Å². The maximum absolute atomic E-state index is 11.7. The molecule has 0 aliphatic heterocycles. The van der Waals surface area contributed by atoms with Crippen LogP contribution < -0.4 is 5.69 Å². The maximum Gasteiger partial charge on any atom is 0.348 e. The lowest BCUT2D eigenvalue weighted by molar-refractivity contribution is 0.694. The van der Waals surface area contributed by atoms with Gasteiger partial charge >= 0.3 is 5.69 Å². The molecule has 0 aliphatic rings. The van der Waals surface area contributed by atoms with E-state index in [-0.39, 0.29) is 6.54 Å². The van der Waals surface area contributed by atoms with Crippen LogP contribution in [0.25, 0.3) is 10.2 Å². The first kappa shape index (κ1) is 14.4. The summed E-state index contributed by atoms with van der Waals surface area (Å²) in [7, 11) is 0. The topological polar surface area (TPSA) is 60.7 Å². The Hall–Kier alpha value is -1.50. The van der Waals surface area contributed by atoms with E-state index in [2.05, 4.69) is 15.0 Å². The molecular formula is C13H10Cl2N4OS. The third-order valence-electron chi connectivity index (χ3n) is 3.17. The molecule has 3 aromatic rings. The first-order valence-corrected chi connectivity index (χ1v) is 7.67. The van der Waals surface area contributed by atoms with E-state index in [1.165, 1.54) is 17.0 Å². The van der Waals surface area contributed by atoms with Crippen LogP contribution in [0.15, 0.2) is 17.2 Å². The summed E-state index contributed by atoms with van der Waals surface area (Å²) < 4.78 is 1.35. The second-order valence-electron chi connectivity index (χ2n) is 4.58. The summed E-state index contributed by atoms with van der Waals surface area (Å²) >= 11 is 13.7. The van der Waals surface area contributed by atoms with E-state index in [4.69, 9.17) is 23.2 Å². The van der Waals surface area contributed by atoms with E-state index in [0.29, 0.717) is 16.0 Å². The number of aryl methyl sites for hydroxylation is 2. The zero-order chi connectivity index (χ0) is 15.1. The Bertz CT molecular complexity index is 903. The molecule has 8 heteroatoms. The van der Waals surface area contributed by atoms with Gasteiger partial charge in [-0.25, -0.2) is 19.7 Å². The van der Waals surface area contributed by atoms with Crippen LogP contribution in [0, 0.1) is 13.8 Å². The molecule has 0 radical (unpaired) electrons. The van der Waals surface area contributed by atoms with Gasteiger partial charge in [0.1, 0.15) is 9.98 Å². The highest BCUT2D eigenvalue weighted by atomic mass is 35.5. The van der Waals surface area contributed by atoms with Crippen LogP contribution in [0.1, 0.15) is 16.3 Å². The average Bonchev–Trinajstić information content (AvgIpc) is 2.70. The van der Waals surface area contributed by atoms with Gasteiger partial charge in [-0.3, -0.25) is 4.57 Å². The predicted octanol–water partition coefficient (Wildman–Crippen LogP) is 3.22. The molecule has 3 aromatic heterocycles. The van der Waals surface area contributed by atoms with Crippen molar-refractivity contribution in [3.8, 4) is 0 Å². The maximum atomic E-state index is 11.7. The van der Waals surface area contributed by atoms with Gasteiger partial charge in [-0.2, -0.15) is 0 Å². The smallest absolute Gasteiger partial charge is 0.290 e. The summed E-state index contributed by atoms with van der Waals surface area (Å²) in [5, 5.41) is 1.66. The van der Waals surface area contributed by atoms with Gasteiger partial charge in [-0.1, -0.05) is 23.2 Å². The number of nitrogens with zero attached hydrogens (tertiary/aromatic N) is 4. The number of hydrogen-bond donors (Lipinski definition) is 0. The molecule has 0 atom stereocenters. The molecule has 0 saturated heterocycles. The average molecular weight is 341 g/mol. The van der Waals surface area contributed by atoms with Gasteiger partial charge in [0.15, 0.2) is 5.82 Å². The van der Waals surface area contributed by atoms with Gasteiger partial charge in [-0.15, -0.1) is 11.3 Å². The van der Waals surface area contributed by atoms with Crippen LogP contribution in [-0.4, -0.2) is 19.5 Å². The molecule has 21 heavy (non-hydrogen) atoms. The summed E-state index contributed by atoms with van der Waals surface area (Å²) in [6.07, 6.45) is 2.81. The number of halogens is 2. The van der Waals surface area contributed by atoms with E-state index < -0.39 is 5.69 Å². The fourth-order valence-corrected chi connectivity index (χ4v) is 3.61. The number of fused-ring (bicyclic) bond motifs is 1. The van der Waals surface area contributed by atoms with Crippen molar-refractivity contribution in [2.45, 2.75) is 20.4 Å². The molecule has 0 aromatic carbocycles. The molecule has 0 spiro atoms. The Kier molecular flexibility index (Phi) is 3.69. The SMILES string of the molecule is Cc1sc2nc(Cn3cc(Cl)cnc3=O)nc(Cl)c2c1C. The number of thiophene rings is 1. The summed E-state index contributed by atoms with van der Waals surface area (Å²) in [6.45, 7) is 4.19. The monoisotopic (exact) mass is 340 g/mol. The quantitative estimate of drug-likeness (QED) is 0.672. The molecule has 0 aliphatic carbocycles. The van der Waals surface area contributed by atoms with Crippen LogP contribution in [0.4, 0.5) is 0 Å². The van der Waals surface area contributed by atoms with Crippen LogP contribution in [0.2, 0.25) is 10.2 Å². The minimum Gasteiger partial charge on any atom is -0.290 e. The Morgan fingerprint density at radius 3 is 2.81 bits per heavy atom. The highest BCUT2D eigenvalue weighted by molar-refractivity contribution is 7.18. The Labute approximate surface area is 134 Å². The van der Waals surface area contributed by atoms with Crippen LogP contribution in [0.3, 0.4) is 0 Å². The molecule has 0 fully saturated rings. The number of rotatable bonds is 2. The summed E-state index contributed by atoms with van der Waals surface area (Å²) in [6, 6.07) is 0. The molecule has 5 nitrogen and oxygen atoms in total. The van der Waals surface area contributed by atoms with Crippen molar-refractivity contribution in [3.05, 3.63) is 49.3 Å². The predicted molar refractivity (Wildman–Crippen MR) is 84.5 cm³/mol. The first-order chi connectivity index (χ1) is 9.95. The molecule has 0 amide bonds. The van der Waals surface area contributed by atoms with Crippen molar-refractivity contribution in [3.63, 3.8) is 0 Å². The first-order valence-electron chi connectivity index (χ1n) is 6.10. The van der Waals surface area contributed by atoms with E-state index >= 15 is 0 Å². The van der Waals surface area contributed by atoms with Crippen molar-refractivity contribution in [1.82, 2.24) is 19.5 Å². The second kappa shape index (κ2) is 5.36. The molecule has 3 rings (SSSR count). The normalized spacial score (nSPS) is 11.2. The van der Waals surface area contributed by atoms with E-state index in [1.54, 1.807) is 11.3 Å². The zero-order valence-corrected chi connectivity index (χ0v) is 13.6. The zero-order valence-electron chi connectivity index (χ0n) is 11.2. The minimum atomic E-state index is -0.405. The van der Waals surface area contributed by atoms with Gasteiger partial charge in [0, 0.05) is 11.1 Å². The number of aromatic nitrogens is 4. The van der Waals surface area contributed by atoms with E-state index in [1.807, 2.05) is 13.8 Å². The summed E-state index contributed by atoms with van der Waals surface area (Å²) in [4.78, 5) is 26.1. The minimum absolute atomic E-state index is 0.179. The molecule has 108 valence electrons. The largest absolute Gasteiger partial charge is 0.348 e. The van der Waals surface area contributed by atoms with E-state index in [9.17, 15) is 4.79 Å². The van der Waals surface area contributed by atoms with Crippen LogP contribution >= 0.6 is 34.5 Å². The van der Waals surface area contributed by atoms with Crippen molar-refractivity contribution >= 4 is 44.8 Å². The molecule has 0 N–H and O–H groups in total.